The van der Waals surface area contributed by atoms with Crippen LogP contribution in [0.25, 0.3) is 16.8 Å². The van der Waals surface area contributed by atoms with E-state index in [4.69, 9.17) is 4.74 Å². The van der Waals surface area contributed by atoms with Gasteiger partial charge in [0, 0.05) is 10.9 Å². The average molecular weight is 437 g/mol. The van der Waals surface area contributed by atoms with Crippen molar-refractivity contribution in [3.8, 4) is 5.75 Å². The summed E-state index contributed by atoms with van der Waals surface area (Å²) in [6.45, 7) is 0.449. The maximum Gasteiger partial charge on any atom is 0.264 e. The zero-order valence-electron chi connectivity index (χ0n) is 17.2. The van der Waals surface area contributed by atoms with Gasteiger partial charge in [0.1, 0.15) is 12.4 Å². The molecule has 32 heavy (non-hydrogen) atoms. The van der Waals surface area contributed by atoms with E-state index in [0.717, 1.165) is 33.3 Å². The van der Waals surface area contributed by atoms with E-state index in [1.54, 1.807) is 0 Å². The van der Waals surface area contributed by atoms with Gasteiger partial charge >= 0.3 is 0 Å². The lowest BCUT2D eigenvalue weighted by Gasteiger charge is -2.13. The van der Waals surface area contributed by atoms with E-state index in [0.29, 0.717) is 16.7 Å². The quantitative estimate of drug-likeness (QED) is 0.373. The number of amides is 1. The van der Waals surface area contributed by atoms with Crippen LogP contribution in [0.5, 0.6) is 5.75 Å². The van der Waals surface area contributed by atoms with E-state index in [2.05, 4.69) is 16.4 Å². The van der Waals surface area contributed by atoms with Gasteiger partial charge in [-0.05, 0) is 40.9 Å². The molecule has 4 aromatic carbocycles. The van der Waals surface area contributed by atoms with Gasteiger partial charge in [0.25, 0.3) is 5.91 Å². The molecule has 1 N–H and O–H groups in total. The molecule has 0 bridgehead atoms. The minimum Gasteiger partial charge on any atom is -0.488 e. The Morgan fingerprint density at radius 2 is 1.56 bits per heavy atom. The molecule has 0 atom stereocenters. The fraction of sp³-hybridized carbons (Fsp3) is 0.0370. The number of hydrogen-bond acceptors (Lipinski definition) is 4. The number of nitrogens with zero attached hydrogens (tertiary/aromatic N) is 1. The predicted molar refractivity (Wildman–Crippen MR) is 132 cm³/mol. The molecular weight excluding hydrogens is 416 g/mol. The van der Waals surface area contributed by atoms with Gasteiger partial charge in [0.2, 0.25) is 0 Å². The highest BCUT2D eigenvalue weighted by atomic mass is 32.2. The molecule has 0 saturated carbocycles. The molecule has 1 heterocycles. The first-order valence-corrected chi connectivity index (χ1v) is 11.1. The van der Waals surface area contributed by atoms with Gasteiger partial charge < -0.3 is 10.1 Å². The fourth-order valence-electron chi connectivity index (χ4n) is 3.51. The zero-order valence-corrected chi connectivity index (χ0v) is 18.0. The smallest absolute Gasteiger partial charge is 0.264 e. The highest BCUT2D eigenvalue weighted by Gasteiger charge is 2.24. The molecule has 0 spiro atoms. The molecule has 5 heteroatoms. The second kappa shape index (κ2) is 9.12. The predicted octanol–water partition coefficient (Wildman–Crippen LogP) is 6.31. The van der Waals surface area contributed by atoms with Gasteiger partial charge in [-0.2, -0.15) is 0 Å². The molecule has 0 unspecified atom stereocenters. The molecule has 4 aromatic rings. The maximum atomic E-state index is 12.6. The molecule has 0 aromatic heterocycles. The van der Waals surface area contributed by atoms with Crippen LogP contribution in [-0.2, 0) is 11.4 Å². The summed E-state index contributed by atoms with van der Waals surface area (Å²) in [7, 11) is 0. The third kappa shape index (κ3) is 4.43. The molecule has 1 saturated heterocycles. The minimum atomic E-state index is -0.160. The lowest BCUT2D eigenvalue weighted by atomic mass is 10.0. The van der Waals surface area contributed by atoms with Crippen LogP contribution in [0.2, 0.25) is 0 Å². The van der Waals surface area contributed by atoms with Gasteiger partial charge in [-0.15, -0.1) is 0 Å². The summed E-state index contributed by atoms with van der Waals surface area (Å²) in [5.41, 5.74) is 2.75. The molecule has 1 amide bonds. The number of carbonyl (C=O) groups is 1. The molecule has 1 fully saturated rings. The standard InChI is InChI=1S/C27H20N2O2S/c30-26-24(32-27(29-26)28-22-12-5-2-6-13-22)17-21-16-15-20-11-7-8-14-23(20)25(21)31-18-19-9-3-1-4-10-19/h1-17H,18H2,(H,28,29,30)/b24-17-. The van der Waals surface area contributed by atoms with E-state index in [-0.39, 0.29) is 5.91 Å². The first-order valence-electron chi connectivity index (χ1n) is 10.3. The number of thioether (sulfide) groups is 1. The monoisotopic (exact) mass is 436 g/mol. The van der Waals surface area contributed by atoms with Gasteiger partial charge in [0.05, 0.1) is 10.6 Å². The van der Waals surface area contributed by atoms with Crippen LogP contribution in [-0.4, -0.2) is 11.1 Å². The summed E-state index contributed by atoms with van der Waals surface area (Å²) >= 11 is 1.33. The van der Waals surface area contributed by atoms with Crippen LogP contribution in [0.3, 0.4) is 0 Å². The van der Waals surface area contributed by atoms with Crippen LogP contribution in [0.1, 0.15) is 11.1 Å². The Morgan fingerprint density at radius 1 is 0.844 bits per heavy atom. The number of nitrogens with one attached hydrogen (secondary N) is 1. The summed E-state index contributed by atoms with van der Waals surface area (Å²) in [5, 5.41) is 5.53. The average Bonchev–Trinajstić information content (AvgIpc) is 3.18. The second-order valence-electron chi connectivity index (χ2n) is 7.30. The Bertz CT molecular complexity index is 1330. The number of benzene rings is 4. The van der Waals surface area contributed by atoms with E-state index in [1.807, 2.05) is 97.1 Å². The molecule has 0 aliphatic carbocycles. The maximum absolute atomic E-state index is 12.6. The molecular formula is C27H20N2O2S. The highest BCUT2D eigenvalue weighted by Crippen LogP contribution is 2.35. The minimum absolute atomic E-state index is 0.160. The number of fused-ring (bicyclic) bond motifs is 1. The number of carbonyl (C=O) groups excluding carboxylic acids is 1. The molecule has 1 aliphatic heterocycles. The van der Waals surface area contributed by atoms with Crippen molar-refractivity contribution >= 4 is 45.4 Å². The van der Waals surface area contributed by atoms with Gasteiger partial charge in [-0.1, -0.05) is 84.9 Å². The second-order valence-corrected chi connectivity index (χ2v) is 8.33. The third-order valence-electron chi connectivity index (χ3n) is 5.06. The first kappa shape index (κ1) is 20.1. The Morgan fingerprint density at radius 3 is 2.38 bits per heavy atom. The summed E-state index contributed by atoms with van der Waals surface area (Å²) in [6.07, 6.45) is 1.88. The van der Waals surface area contributed by atoms with Crippen LogP contribution < -0.4 is 10.1 Å². The number of para-hydroxylation sites is 1. The van der Waals surface area contributed by atoms with E-state index < -0.39 is 0 Å². The molecule has 1 aliphatic rings. The number of ether oxygens (including phenoxy) is 1. The van der Waals surface area contributed by atoms with Crippen LogP contribution in [0.4, 0.5) is 5.69 Å². The Balaban J connectivity index is 1.49. The van der Waals surface area contributed by atoms with Crippen molar-refractivity contribution in [2.75, 3.05) is 0 Å². The largest absolute Gasteiger partial charge is 0.488 e. The molecule has 5 rings (SSSR count). The third-order valence-corrected chi connectivity index (χ3v) is 5.97. The normalized spacial score (nSPS) is 15.9. The zero-order chi connectivity index (χ0) is 21.8. The molecule has 0 radical (unpaired) electrons. The summed E-state index contributed by atoms with van der Waals surface area (Å²) in [4.78, 5) is 17.7. The number of amidine groups is 1. The number of rotatable bonds is 5. The van der Waals surface area contributed by atoms with Gasteiger partial charge in [0.15, 0.2) is 5.17 Å². The summed E-state index contributed by atoms with van der Waals surface area (Å²) < 4.78 is 6.29. The first-order chi connectivity index (χ1) is 15.8. The van der Waals surface area contributed by atoms with Crippen LogP contribution >= 0.6 is 11.8 Å². The molecule has 4 nitrogen and oxygen atoms in total. The number of aliphatic imine (C=N–C) groups is 1. The van der Waals surface area contributed by atoms with Crippen molar-refractivity contribution in [1.29, 1.82) is 0 Å². The Kier molecular flexibility index (Phi) is 5.73. The topological polar surface area (TPSA) is 50.7 Å². The highest BCUT2D eigenvalue weighted by molar-refractivity contribution is 8.18. The van der Waals surface area contributed by atoms with Gasteiger partial charge in [-0.25, -0.2) is 4.99 Å². The fourth-order valence-corrected chi connectivity index (χ4v) is 4.34. The lowest BCUT2D eigenvalue weighted by molar-refractivity contribution is -0.115. The van der Waals surface area contributed by atoms with Crippen molar-refractivity contribution < 1.29 is 9.53 Å². The Hall–Kier alpha value is -3.83. The lowest BCUT2D eigenvalue weighted by Crippen LogP contribution is -2.19. The van der Waals surface area contributed by atoms with E-state index in [1.165, 1.54) is 11.8 Å². The Labute approximate surface area is 190 Å². The summed E-state index contributed by atoms with van der Waals surface area (Å²) in [6, 6.07) is 31.8. The van der Waals surface area contributed by atoms with Crippen molar-refractivity contribution in [3.63, 3.8) is 0 Å². The van der Waals surface area contributed by atoms with Crippen LogP contribution in [0.15, 0.2) is 107 Å². The number of hydrogen-bond donors (Lipinski definition) is 1. The van der Waals surface area contributed by atoms with Gasteiger partial charge in [-0.3, -0.25) is 4.79 Å². The molecule has 156 valence electrons. The van der Waals surface area contributed by atoms with Crippen molar-refractivity contribution in [2.24, 2.45) is 4.99 Å². The SMILES string of the molecule is O=C1NC(=Nc2ccccc2)S/C1=C\c1ccc2ccccc2c1OCc1ccccc1. The van der Waals surface area contributed by atoms with Crippen molar-refractivity contribution in [1.82, 2.24) is 5.32 Å². The summed E-state index contributed by atoms with van der Waals surface area (Å²) in [5.74, 6) is 0.605. The van der Waals surface area contributed by atoms with Crippen LogP contribution in [0, 0.1) is 0 Å². The van der Waals surface area contributed by atoms with Crippen molar-refractivity contribution in [3.05, 3.63) is 113 Å². The van der Waals surface area contributed by atoms with E-state index in [9.17, 15) is 4.79 Å². The van der Waals surface area contributed by atoms with E-state index >= 15 is 0 Å². The van der Waals surface area contributed by atoms with Crippen molar-refractivity contribution in [2.45, 2.75) is 6.61 Å².